The van der Waals surface area contributed by atoms with Gasteiger partial charge in [-0.1, -0.05) is 13.8 Å². The van der Waals surface area contributed by atoms with E-state index in [-0.39, 0.29) is 22.7 Å². The molecule has 2 bridgehead atoms. The summed E-state index contributed by atoms with van der Waals surface area (Å²) in [5.74, 6) is -0.187. The molecule has 2 saturated heterocycles. The Balaban J connectivity index is 1.66. The number of aliphatic hydroxyl groups excluding tert-OH is 1. The molecule has 2 spiro atoms. The highest BCUT2D eigenvalue weighted by Gasteiger charge is 2.68. The van der Waals surface area contributed by atoms with Crippen LogP contribution in [0.3, 0.4) is 0 Å². The van der Waals surface area contributed by atoms with Crippen molar-refractivity contribution in [2.75, 3.05) is 41.0 Å². The van der Waals surface area contributed by atoms with Gasteiger partial charge in [0.15, 0.2) is 5.79 Å². The Morgan fingerprint density at radius 2 is 2.03 bits per heavy atom. The molecule has 5 rings (SSSR count). The van der Waals surface area contributed by atoms with Crippen molar-refractivity contribution in [2.45, 2.75) is 64.3 Å². The predicted molar refractivity (Wildman–Crippen MR) is 116 cm³/mol. The second-order valence-corrected chi connectivity index (χ2v) is 10.9. The number of carbonyl (C=O) groups excluding carboxylic acids is 1. The highest BCUT2D eigenvalue weighted by molar-refractivity contribution is 5.92. The molecule has 0 aromatic rings. The van der Waals surface area contributed by atoms with Gasteiger partial charge in [0, 0.05) is 48.9 Å². The first-order chi connectivity index (χ1) is 14.7. The number of nitrogens with zero attached hydrogens (tertiary/aromatic N) is 1. The van der Waals surface area contributed by atoms with Crippen molar-refractivity contribution < 1.29 is 24.1 Å². The third-order valence-corrected chi connectivity index (χ3v) is 9.46. The van der Waals surface area contributed by atoms with Crippen molar-refractivity contribution in [1.82, 2.24) is 4.90 Å². The highest BCUT2D eigenvalue weighted by Crippen LogP contribution is 2.70. The smallest absolute Gasteiger partial charge is 0.334 e. The minimum Gasteiger partial charge on any atom is -0.466 e. The summed E-state index contributed by atoms with van der Waals surface area (Å²) in [5.41, 5.74) is 4.14. The predicted octanol–water partition coefficient (Wildman–Crippen LogP) is 3.06. The first-order valence-corrected chi connectivity index (χ1v) is 11.8. The van der Waals surface area contributed by atoms with E-state index in [1.54, 1.807) is 7.11 Å². The molecular weight excluding hydrogens is 394 g/mol. The Morgan fingerprint density at radius 3 is 2.65 bits per heavy atom. The molecule has 0 aromatic heterocycles. The van der Waals surface area contributed by atoms with Gasteiger partial charge in [-0.25, -0.2) is 4.79 Å². The summed E-state index contributed by atoms with van der Waals surface area (Å²) in [6.45, 7) is 6.78. The van der Waals surface area contributed by atoms with E-state index in [9.17, 15) is 9.90 Å². The maximum Gasteiger partial charge on any atom is 0.334 e. The number of likely N-dealkylation sites (tertiary alicyclic amines) is 1. The fraction of sp³-hybridized carbons (Fsp3) is 0.800. The highest BCUT2D eigenvalue weighted by atomic mass is 16.7. The molecule has 6 nitrogen and oxygen atoms in total. The van der Waals surface area contributed by atoms with Crippen LogP contribution in [0.4, 0.5) is 0 Å². The Kier molecular flexibility index (Phi) is 4.98. The van der Waals surface area contributed by atoms with E-state index in [2.05, 4.69) is 25.8 Å². The van der Waals surface area contributed by atoms with Crippen molar-refractivity contribution >= 4 is 5.97 Å². The number of ether oxygens (including phenoxy) is 3. The van der Waals surface area contributed by atoms with Gasteiger partial charge >= 0.3 is 5.97 Å². The van der Waals surface area contributed by atoms with Crippen molar-refractivity contribution in [1.29, 1.82) is 0 Å². The third-order valence-electron chi connectivity index (χ3n) is 9.46. The maximum absolute atomic E-state index is 12.8. The van der Waals surface area contributed by atoms with Gasteiger partial charge in [0.05, 0.1) is 19.8 Å². The number of esters is 1. The topological polar surface area (TPSA) is 68.2 Å². The lowest BCUT2D eigenvalue weighted by molar-refractivity contribution is -0.311. The molecule has 31 heavy (non-hydrogen) atoms. The average molecular weight is 432 g/mol. The standard InChI is InChI=1S/C25H37NO5/c1-15(2)25(30-5)9-8-23(14-31-25)16-10-20(27)18-7-6-17-19(22(28)29-4)11-24(23,21(17)18)13-26(3)12-16/h15-16,20,27H,6-14H2,1-5H3/t16-,20+,23-,24-,25-/m1/s1. The van der Waals surface area contributed by atoms with Gasteiger partial charge in [-0.05, 0) is 61.8 Å². The van der Waals surface area contributed by atoms with E-state index in [0.29, 0.717) is 18.9 Å². The molecule has 0 saturated carbocycles. The van der Waals surface area contributed by atoms with Crippen LogP contribution in [0.25, 0.3) is 0 Å². The van der Waals surface area contributed by atoms with E-state index in [1.165, 1.54) is 18.3 Å². The summed E-state index contributed by atoms with van der Waals surface area (Å²) < 4.78 is 17.8. The Bertz CT molecular complexity index is 850. The molecule has 2 aliphatic heterocycles. The average Bonchev–Trinajstić information content (AvgIpc) is 3.31. The summed E-state index contributed by atoms with van der Waals surface area (Å²) in [6.07, 6.45) is 4.57. The van der Waals surface area contributed by atoms with Gasteiger partial charge in [0.1, 0.15) is 0 Å². The van der Waals surface area contributed by atoms with Crippen LogP contribution in [0.15, 0.2) is 22.3 Å². The van der Waals surface area contributed by atoms with E-state index in [1.807, 2.05) is 0 Å². The van der Waals surface area contributed by atoms with Crippen LogP contribution in [0, 0.1) is 22.7 Å². The number of piperidine rings is 1. The second kappa shape index (κ2) is 7.14. The van der Waals surface area contributed by atoms with Crippen LogP contribution < -0.4 is 0 Å². The monoisotopic (exact) mass is 431 g/mol. The largest absolute Gasteiger partial charge is 0.466 e. The van der Waals surface area contributed by atoms with Gasteiger partial charge in [-0.2, -0.15) is 0 Å². The Morgan fingerprint density at radius 1 is 1.26 bits per heavy atom. The van der Waals surface area contributed by atoms with Crippen LogP contribution in [-0.2, 0) is 19.0 Å². The molecule has 0 radical (unpaired) electrons. The third kappa shape index (κ3) is 2.68. The SMILES string of the molecule is COC(=O)C1=C2CCC3=C2[C@@]2(C1)CN(C)C[C@@H](C[C@@H]3O)[C@]21CC[C@](OC)(C(C)C)OC1. The van der Waals surface area contributed by atoms with Crippen LogP contribution in [0.1, 0.15) is 52.4 Å². The van der Waals surface area contributed by atoms with Crippen molar-refractivity contribution in [3.8, 4) is 0 Å². The molecule has 3 aliphatic carbocycles. The number of carbonyl (C=O) groups is 1. The lowest BCUT2D eigenvalue weighted by Crippen LogP contribution is -2.65. The fourth-order valence-corrected chi connectivity index (χ4v) is 7.99. The molecular formula is C25H37NO5. The molecule has 5 atom stereocenters. The summed E-state index contributed by atoms with van der Waals surface area (Å²) in [5, 5.41) is 11.3. The Labute approximate surface area is 185 Å². The molecule has 6 heteroatoms. The summed E-state index contributed by atoms with van der Waals surface area (Å²) in [4.78, 5) is 15.2. The summed E-state index contributed by atoms with van der Waals surface area (Å²) >= 11 is 0. The molecule has 0 amide bonds. The molecule has 0 aromatic carbocycles. The van der Waals surface area contributed by atoms with Gasteiger partial charge in [0.25, 0.3) is 0 Å². The quantitative estimate of drug-likeness (QED) is 0.693. The van der Waals surface area contributed by atoms with Crippen LogP contribution in [0.5, 0.6) is 0 Å². The minimum absolute atomic E-state index is 0.111. The number of aliphatic hydroxyl groups is 1. The number of methoxy groups -OCH3 is 2. The van der Waals surface area contributed by atoms with Crippen molar-refractivity contribution in [2.24, 2.45) is 22.7 Å². The lowest BCUT2D eigenvalue weighted by atomic mass is 9.49. The number of rotatable bonds is 3. The van der Waals surface area contributed by atoms with E-state index >= 15 is 0 Å². The van der Waals surface area contributed by atoms with Gasteiger partial charge in [0.2, 0.25) is 0 Å². The van der Waals surface area contributed by atoms with E-state index in [0.717, 1.165) is 56.3 Å². The van der Waals surface area contributed by atoms with Crippen LogP contribution in [0.2, 0.25) is 0 Å². The van der Waals surface area contributed by atoms with Gasteiger partial charge in [-0.3, -0.25) is 0 Å². The van der Waals surface area contributed by atoms with E-state index < -0.39 is 11.9 Å². The number of hydrogen-bond acceptors (Lipinski definition) is 6. The zero-order valence-corrected chi connectivity index (χ0v) is 19.6. The summed E-state index contributed by atoms with van der Waals surface area (Å²) in [6, 6.07) is 0. The number of allylic oxidation sites excluding steroid dienone is 1. The maximum atomic E-state index is 12.8. The first-order valence-electron chi connectivity index (χ1n) is 11.8. The molecule has 2 fully saturated rings. The molecule has 5 aliphatic rings. The van der Waals surface area contributed by atoms with Crippen LogP contribution >= 0.6 is 0 Å². The van der Waals surface area contributed by atoms with Crippen LogP contribution in [-0.4, -0.2) is 68.8 Å². The molecule has 2 heterocycles. The molecule has 0 unspecified atom stereocenters. The molecule has 1 N–H and O–H groups in total. The van der Waals surface area contributed by atoms with Gasteiger partial charge < -0.3 is 24.2 Å². The Hall–Kier alpha value is -1.21. The zero-order chi connectivity index (χ0) is 22.2. The second-order valence-electron chi connectivity index (χ2n) is 10.9. The zero-order valence-electron chi connectivity index (χ0n) is 19.6. The normalized spacial score (nSPS) is 42.4. The minimum atomic E-state index is -0.556. The van der Waals surface area contributed by atoms with E-state index in [4.69, 9.17) is 14.2 Å². The van der Waals surface area contributed by atoms with Crippen molar-refractivity contribution in [3.05, 3.63) is 22.3 Å². The van der Waals surface area contributed by atoms with Gasteiger partial charge in [-0.15, -0.1) is 0 Å². The number of hydrogen-bond donors (Lipinski definition) is 1. The lowest BCUT2D eigenvalue weighted by Gasteiger charge is -2.62. The fourth-order valence-electron chi connectivity index (χ4n) is 7.99. The summed E-state index contributed by atoms with van der Waals surface area (Å²) in [7, 11) is 5.41. The van der Waals surface area contributed by atoms with Crippen molar-refractivity contribution in [3.63, 3.8) is 0 Å². The first kappa shape index (κ1) is 21.6. The molecule has 172 valence electrons.